The highest BCUT2D eigenvalue weighted by molar-refractivity contribution is 9.10. The second-order valence-electron chi connectivity index (χ2n) is 4.16. The van der Waals surface area contributed by atoms with Crippen LogP contribution < -0.4 is 10.5 Å². The molecule has 0 atom stereocenters. The number of benzene rings is 2. The summed E-state index contributed by atoms with van der Waals surface area (Å²) in [5, 5.41) is 11.9. The smallest absolute Gasteiger partial charge is 0.171 e. The number of oxime groups is 1. The van der Waals surface area contributed by atoms with Crippen molar-refractivity contribution in [1.29, 1.82) is 0 Å². The van der Waals surface area contributed by atoms with E-state index < -0.39 is 0 Å². The number of amidine groups is 1. The van der Waals surface area contributed by atoms with Gasteiger partial charge in [0.15, 0.2) is 5.84 Å². The van der Waals surface area contributed by atoms with Gasteiger partial charge in [0.25, 0.3) is 0 Å². The van der Waals surface area contributed by atoms with Crippen LogP contribution in [0.2, 0.25) is 5.02 Å². The molecule has 0 saturated carbocycles. The van der Waals surface area contributed by atoms with Crippen LogP contribution in [0.5, 0.6) is 11.5 Å². The van der Waals surface area contributed by atoms with Gasteiger partial charge in [0.2, 0.25) is 0 Å². The van der Waals surface area contributed by atoms with E-state index in [1.54, 1.807) is 18.2 Å². The molecule has 0 saturated heterocycles. The van der Waals surface area contributed by atoms with Gasteiger partial charge in [-0.05, 0) is 52.7 Å². The summed E-state index contributed by atoms with van der Waals surface area (Å²) in [7, 11) is 0. The summed E-state index contributed by atoms with van der Waals surface area (Å²) in [5.41, 5.74) is 7.08. The second-order valence-corrected chi connectivity index (χ2v) is 5.42. The Labute approximate surface area is 129 Å². The summed E-state index contributed by atoms with van der Waals surface area (Å²) in [5.74, 6) is 1.20. The van der Waals surface area contributed by atoms with Crippen LogP contribution in [0.3, 0.4) is 0 Å². The fraction of sp³-hybridized carbons (Fsp3) is 0.0714. The van der Waals surface area contributed by atoms with Crippen molar-refractivity contribution in [2.75, 3.05) is 0 Å². The minimum absolute atomic E-state index is 0.0435. The normalized spacial score (nSPS) is 11.4. The highest BCUT2D eigenvalue weighted by atomic mass is 79.9. The van der Waals surface area contributed by atoms with Gasteiger partial charge >= 0.3 is 0 Å². The molecule has 0 fully saturated rings. The van der Waals surface area contributed by atoms with E-state index in [0.717, 1.165) is 10.0 Å². The van der Waals surface area contributed by atoms with Crippen molar-refractivity contribution < 1.29 is 9.94 Å². The number of rotatable bonds is 3. The molecular weight excluding hydrogens is 344 g/mol. The van der Waals surface area contributed by atoms with E-state index in [9.17, 15) is 0 Å². The van der Waals surface area contributed by atoms with E-state index in [4.69, 9.17) is 27.3 Å². The Morgan fingerprint density at radius 1 is 1.30 bits per heavy atom. The molecular formula is C14H12BrClN2O2. The molecule has 0 radical (unpaired) electrons. The minimum Gasteiger partial charge on any atom is -0.456 e. The van der Waals surface area contributed by atoms with Crippen LogP contribution in [0.4, 0.5) is 0 Å². The quantitative estimate of drug-likeness (QED) is 0.373. The fourth-order valence-electron chi connectivity index (χ4n) is 1.64. The molecule has 0 spiro atoms. The maximum absolute atomic E-state index is 8.65. The Kier molecular flexibility index (Phi) is 4.52. The predicted molar refractivity (Wildman–Crippen MR) is 82.9 cm³/mol. The average molecular weight is 356 g/mol. The zero-order valence-corrected chi connectivity index (χ0v) is 12.9. The summed E-state index contributed by atoms with van der Waals surface area (Å²) in [6, 6.07) is 10.7. The second kappa shape index (κ2) is 6.15. The third-order valence-electron chi connectivity index (χ3n) is 2.64. The number of nitrogens with two attached hydrogens (primary N) is 1. The summed E-state index contributed by atoms with van der Waals surface area (Å²) >= 11 is 9.51. The number of hydrogen-bond acceptors (Lipinski definition) is 3. The van der Waals surface area contributed by atoms with Crippen molar-refractivity contribution >= 4 is 33.4 Å². The zero-order chi connectivity index (χ0) is 14.7. The first kappa shape index (κ1) is 14.7. The van der Waals surface area contributed by atoms with Gasteiger partial charge < -0.3 is 15.7 Å². The van der Waals surface area contributed by atoms with Crippen LogP contribution in [0.15, 0.2) is 46.0 Å². The van der Waals surface area contributed by atoms with Crippen molar-refractivity contribution in [2.24, 2.45) is 10.9 Å². The Morgan fingerprint density at radius 2 is 2.05 bits per heavy atom. The first-order valence-corrected chi connectivity index (χ1v) is 6.90. The number of hydrogen-bond donors (Lipinski definition) is 2. The van der Waals surface area contributed by atoms with Gasteiger partial charge in [0.1, 0.15) is 11.5 Å². The van der Waals surface area contributed by atoms with E-state index in [2.05, 4.69) is 21.1 Å². The van der Waals surface area contributed by atoms with Crippen molar-refractivity contribution in [3.8, 4) is 11.5 Å². The molecule has 0 bridgehead atoms. The van der Waals surface area contributed by atoms with Gasteiger partial charge in [-0.1, -0.05) is 22.8 Å². The van der Waals surface area contributed by atoms with Gasteiger partial charge in [-0.25, -0.2) is 0 Å². The molecule has 0 heterocycles. The topological polar surface area (TPSA) is 67.8 Å². The first-order valence-electron chi connectivity index (χ1n) is 5.72. The molecule has 6 heteroatoms. The molecule has 0 aliphatic rings. The molecule has 4 nitrogen and oxygen atoms in total. The summed E-state index contributed by atoms with van der Waals surface area (Å²) in [6.07, 6.45) is 0. The number of nitrogens with zero attached hydrogens (tertiary/aromatic N) is 1. The van der Waals surface area contributed by atoms with E-state index in [1.807, 2.05) is 25.1 Å². The van der Waals surface area contributed by atoms with Crippen LogP contribution in [0.1, 0.15) is 11.1 Å². The maximum atomic E-state index is 8.65. The van der Waals surface area contributed by atoms with Crippen LogP contribution in [-0.4, -0.2) is 11.0 Å². The molecule has 0 aliphatic heterocycles. The summed E-state index contributed by atoms with van der Waals surface area (Å²) in [6.45, 7) is 2.00. The third kappa shape index (κ3) is 3.23. The molecule has 2 aromatic rings. The third-order valence-corrected chi connectivity index (χ3v) is 3.57. The number of ether oxygens (including phenoxy) is 1. The van der Waals surface area contributed by atoms with Crippen molar-refractivity contribution in [1.82, 2.24) is 0 Å². The van der Waals surface area contributed by atoms with Crippen molar-refractivity contribution in [3.05, 3.63) is 57.0 Å². The predicted octanol–water partition coefficient (Wildman–Crippen LogP) is 4.30. The van der Waals surface area contributed by atoms with Crippen LogP contribution in [-0.2, 0) is 0 Å². The highest BCUT2D eigenvalue weighted by Crippen LogP contribution is 2.32. The van der Waals surface area contributed by atoms with Crippen LogP contribution in [0.25, 0.3) is 0 Å². The lowest BCUT2D eigenvalue weighted by atomic mass is 10.2. The Balaban J connectivity index is 2.29. The molecule has 0 amide bonds. The van der Waals surface area contributed by atoms with Gasteiger partial charge in [-0.3, -0.25) is 0 Å². The molecule has 0 unspecified atom stereocenters. The molecule has 2 aromatic carbocycles. The first-order chi connectivity index (χ1) is 9.51. The maximum Gasteiger partial charge on any atom is 0.171 e. The molecule has 3 N–H and O–H groups in total. The Bertz CT molecular complexity index is 674. The monoisotopic (exact) mass is 354 g/mol. The minimum atomic E-state index is -0.0435. The number of halogens is 2. The lowest BCUT2D eigenvalue weighted by molar-refractivity contribution is 0.318. The summed E-state index contributed by atoms with van der Waals surface area (Å²) in [4.78, 5) is 0. The van der Waals surface area contributed by atoms with Gasteiger partial charge in [-0.2, -0.15) is 0 Å². The largest absolute Gasteiger partial charge is 0.456 e. The van der Waals surface area contributed by atoms with E-state index in [-0.39, 0.29) is 5.84 Å². The number of aryl methyl sites for hydroxylation is 1. The van der Waals surface area contributed by atoms with E-state index >= 15 is 0 Å². The molecule has 0 aliphatic carbocycles. The average Bonchev–Trinajstić information content (AvgIpc) is 2.41. The van der Waals surface area contributed by atoms with Crippen LogP contribution in [0, 0.1) is 6.92 Å². The SMILES string of the molecule is Cc1ccc(Oc2ccc(C(N)=NO)c(Cl)c2)c(Br)c1. The summed E-state index contributed by atoms with van der Waals surface area (Å²) < 4.78 is 6.59. The van der Waals surface area contributed by atoms with Gasteiger partial charge in [-0.15, -0.1) is 0 Å². The fourth-order valence-corrected chi connectivity index (χ4v) is 2.48. The lowest BCUT2D eigenvalue weighted by Gasteiger charge is -2.10. The van der Waals surface area contributed by atoms with E-state index in [1.165, 1.54) is 0 Å². The molecule has 0 aromatic heterocycles. The van der Waals surface area contributed by atoms with Crippen molar-refractivity contribution in [3.63, 3.8) is 0 Å². The lowest BCUT2D eigenvalue weighted by Crippen LogP contribution is -2.13. The van der Waals surface area contributed by atoms with Crippen molar-refractivity contribution in [2.45, 2.75) is 6.92 Å². The van der Waals surface area contributed by atoms with E-state index in [0.29, 0.717) is 22.1 Å². The molecule has 104 valence electrons. The standard InChI is InChI=1S/C14H12BrClN2O2/c1-8-2-5-13(11(15)6-8)20-9-3-4-10(12(16)7-9)14(17)18-19/h2-7,19H,1H3,(H2,17,18). The Morgan fingerprint density at radius 3 is 2.65 bits per heavy atom. The Hall–Kier alpha value is -1.72. The molecule has 20 heavy (non-hydrogen) atoms. The highest BCUT2D eigenvalue weighted by Gasteiger charge is 2.09. The van der Waals surface area contributed by atoms with Gasteiger partial charge in [0.05, 0.1) is 9.50 Å². The zero-order valence-electron chi connectivity index (χ0n) is 10.6. The van der Waals surface area contributed by atoms with Crippen LogP contribution >= 0.6 is 27.5 Å². The molecule has 2 rings (SSSR count). The van der Waals surface area contributed by atoms with Gasteiger partial charge in [0, 0.05) is 11.6 Å².